The molecule has 1 aliphatic carbocycles. The average molecular weight is 318 g/mol. The molecule has 23 heavy (non-hydrogen) atoms. The Balaban J connectivity index is 1.64. The summed E-state index contributed by atoms with van der Waals surface area (Å²) < 4.78 is 15.6. The molecule has 6 heteroatoms. The van der Waals surface area contributed by atoms with Gasteiger partial charge in [-0.3, -0.25) is 4.79 Å². The predicted molar refractivity (Wildman–Crippen MR) is 87.4 cm³/mol. The molecule has 0 atom stereocenters. The lowest BCUT2D eigenvalue weighted by atomic mass is 9.82. The molecule has 0 radical (unpaired) electrons. The van der Waals surface area contributed by atoms with Gasteiger partial charge in [-0.2, -0.15) is 0 Å². The van der Waals surface area contributed by atoms with Gasteiger partial charge in [0.2, 0.25) is 5.91 Å². The number of aromatic nitrogens is 2. The number of hydrogen-bond acceptors (Lipinski definition) is 3. The second-order valence-corrected chi connectivity index (χ2v) is 6.42. The van der Waals surface area contributed by atoms with Crippen LogP contribution in [0, 0.1) is 5.82 Å². The summed E-state index contributed by atoms with van der Waals surface area (Å²) in [6.07, 6.45) is 5.21. The first-order valence-corrected chi connectivity index (χ1v) is 8.18. The summed E-state index contributed by atoms with van der Waals surface area (Å²) in [5.74, 6) is 0.346. The third-order valence-electron chi connectivity index (χ3n) is 4.79. The van der Waals surface area contributed by atoms with Crippen LogP contribution in [-0.2, 0) is 18.3 Å². The molecule has 0 aliphatic heterocycles. The number of halogens is 1. The van der Waals surface area contributed by atoms with E-state index < -0.39 is 5.54 Å². The van der Waals surface area contributed by atoms with Gasteiger partial charge in [0.05, 0.1) is 11.1 Å². The number of aryl methyl sites for hydroxylation is 1. The first-order valence-electron chi connectivity index (χ1n) is 8.18. The molecule has 1 aromatic heterocycles. The van der Waals surface area contributed by atoms with Crippen molar-refractivity contribution in [2.24, 2.45) is 12.8 Å². The Bertz CT molecular complexity index is 719. The molecule has 1 amide bonds. The number of nitrogens with zero attached hydrogens (tertiary/aromatic N) is 2. The van der Waals surface area contributed by atoms with Gasteiger partial charge in [0, 0.05) is 20.0 Å². The molecule has 1 fully saturated rings. The van der Waals surface area contributed by atoms with Crippen LogP contribution in [0.15, 0.2) is 18.2 Å². The number of carbonyl (C=O) groups is 1. The maximum absolute atomic E-state index is 13.8. The lowest BCUT2D eigenvalue weighted by Gasteiger charge is -2.31. The zero-order valence-electron chi connectivity index (χ0n) is 13.4. The lowest BCUT2D eigenvalue weighted by Crippen LogP contribution is -2.55. The maximum Gasteiger partial charge on any atom is 0.240 e. The Labute approximate surface area is 135 Å². The number of rotatable bonds is 4. The van der Waals surface area contributed by atoms with Crippen LogP contribution in [0.3, 0.4) is 0 Å². The molecule has 3 rings (SSSR count). The normalized spacial score (nSPS) is 17.3. The first kappa shape index (κ1) is 15.9. The Hall–Kier alpha value is -1.95. The fourth-order valence-electron chi connectivity index (χ4n) is 3.33. The van der Waals surface area contributed by atoms with Crippen molar-refractivity contribution in [3.63, 3.8) is 0 Å². The standard InChI is InChI=1S/C17H23FN4O/c1-22-13-7-5-6-12(18)15(13)21-14(22)8-11-20-16(23)17(19)9-3-2-4-10-17/h5-7H,2-4,8-11,19H2,1H3,(H,20,23). The van der Waals surface area contributed by atoms with Crippen molar-refractivity contribution < 1.29 is 9.18 Å². The zero-order valence-corrected chi connectivity index (χ0v) is 13.4. The summed E-state index contributed by atoms with van der Waals surface area (Å²) in [5.41, 5.74) is 6.62. The van der Waals surface area contributed by atoms with Crippen LogP contribution < -0.4 is 11.1 Å². The summed E-state index contributed by atoms with van der Waals surface area (Å²) in [6.45, 7) is 0.455. The Morgan fingerprint density at radius 2 is 2.13 bits per heavy atom. The van der Waals surface area contributed by atoms with Crippen LogP contribution >= 0.6 is 0 Å². The molecule has 2 aromatic rings. The molecular formula is C17H23FN4O. The third kappa shape index (κ3) is 3.08. The van der Waals surface area contributed by atoms with Gasteiger partial charge in [-0.25, -0.2) is 9.37 Å². The van der Waals surface area contributed by atoms with E-state index >= 15 is 0 Å². The van der Waals surface area contributed by atoms with Crippen LogP contribution in [0.5, 0.6) is 0 Å². The average Bonchev–Trinajstić information content (AvgIpc) is 2.86. The first-order chi connectivity index (χ1) is 11.0. The number of benzene rings is 1. The van der Waals surface area contributed by atoms with Crippen molar-refractivity contribution in [1.29, 1.82) is 0 Å². The highest BCUT2D eigenvalue weighted by Gasteiger charge is 2.34. The molecule has 124 valence electrons. The SMILES string of the molecule is Cn1c(CCNC(=O)C2(N)CCCCC2)nc2c(F)cccc21. The van der Waals surface area contributed by atoms with Crippen molar-refractivity contribution in [3.8, 4) is 0 Å². The minimum absolute atomic E-state index is 0.0813. The maximum atomic E-state index is 13.8. The predicted octanol–water partition coefficient (Wildman–Crippen LogP) is 2.03. The lowest BCUT2D eigenvalue weighted by molar-refractivity contribution is -0.127. The molecule has 1 aromatic carbocycles. The Morgan fingerprint density at radius 3 is 2.83 bits per heavy atom. The van der Waals surface area contributed by atoms with E-state index in [9.17, 15) is 9.18 Å². The Morgan fingerprint density at radius 1 is 1.39 bits per heavy atom. The number of imidazole rings is 1. The van der Waals surface area contributed by atoms with Gasteiger partial charge in [-0.15, -0.1) is 0 Å². The van der Waals surface area contributed by atoms with E-state index in [0.29, 0.717) is 18.5 Å². The molecule has 0 saturated heterocycles. The number of hydrogen-bond donors (Lipinski definition) is 2. The molecule has 0 unspecified atom stereocenters. The third-order valence-corrected chi connectivity index (χ3v) is 4.79. The molecule has 3 N–H and O–H groups in total. The molecule has 1 heterocycles. The Kier molecular flexibility index (Phi) is 4.35. The zero-order chi connectivity index (χ0) is 16.4. The van der Waals surface area contributed by atoms with Gasteiger partial charge in [-0.1, -0.05) is 25.3 Å². The van der Waals surface area contributed by atoms with Gasteiger partial charge in [0.1, 0.15) is 11.3 Å². The van der Waals surface area contributed by atoms with E-state index in [1.54, 1.807) is 6.07 Å². The van der Waals surface area contributed by atoms with Crippen molar-refractivity contribution in [3.05, 3.63) is 29.8 Å². The summed E-state index contributed by atoms with van der Waals surface area (Å²) in [7, 11) is 1.86. The summed E-state index contributed by atoms with van der Waals surface area (Å²) in [5, 5.41) is 2.92. The van der Waals surface area contributed by atoms with Gasteiger partial charge >= 0.3 is 0 Å². The van der Waals surface area contributed by atoms with Crippen molar-refractivity contribution in [2.45, 2.75) is 44.1 Å². The van der Waals surface area contributed by atoms with Crippen LogP contribution in [0.1, 0.15) is 37.9 Å². The monoisotopic (exact) mass is 318 g/mol. The molecule has 0 spiro atoms. The van der Waals surface area contributed by atoms with E-state index in [0.717, 1.165) is 43.4 Å². The smallest absolute Gasteiger partial charge is 0.240 e. The van der Waals surface area contributed by atoms with Crippen LogP contribution in [-0.4, -0.2) is 27.5 Å². The van der Waals surface area contributed by atoms with Gasteiger partial charge in [-0.05, 0) is 25.0 Å². The van der Waals surface area contributed by atoms with E-state index in [1.807, 2.05) is 17.7 Å². The number of nitrogens with one attached hydrogen (secondary N) is 1. The van der Waals surface area contributed by atoms with Crippen LogP contribution in [0.25, 0.3) is 11.0 Å². The van der Waals surface area contributed by atoms with E-state index in [-0.39, 0.29) is 11.7 Å². The highest BCUT2D eigenvalue weighted by atomic mass is 19.1. The highest BCUT2D eigenvalue weighted by Crippen LogP contribution is 2.26. The summed E-state index contributed by atoms with van der Waals surface area (Å²) in [6, 6.07) is 4.92. The fraction of sp³-hybridized carbons (Fsp3) is 0.529. The van der Waals surface area contributed by atoms with Crippen molar-refractivity contribution in [2.75, 3.05) is 6.54 Å². The summed E-state index contributed by atoms with van der Waals surface area (Å²) in [4.78, 5) is 16.6. The van der Waals surface area contributed by atoms with Crippen molar-refractivity contribution >= 4 is 16.9 Å². The van der Waals surface area contributed by atoms with E-state index in [4.69, 9.17) is 5.73 Å². The van der Waals surface area contributed by atoms with Gasteiger partial charge in [0.15, 0.2) is 5.82 Å². The second-order valence-electron chi connectivity index (χ2n) is 6.42. The van der Waals surface area contributed by atoms with Crippen molar-refractivity contribution in [1.82, 2.24) is 14.9 Å². The van der Waals surface area contributed by atoms with Crippen LogP contribution in [0.4, 0.5) is 4.39 Å². The van der Waals surface area contributed by atoms with Crippen LogP contribution in [0.2, 0.25) is 0 Å². The summed E-state index contributed by atoms with van der Waals surface area (Å²) >= 11 is 0. The fourth-order valence-corrected chi connectivity index (χ4v) is 3.33. The number of amides is 1. The molecule has 1 aliphatic rings. The number of fused-ring (bicyclic) bond motifs is 1. The van der Waals surface area contributed by atoms with Gasteiger partial charge in [0.25, 0.3) is 0 Å². The molecule has 5 nitrogen and oxygen atoms in total. The number of nitrogens with two attached hydrogens (primary N) is 1. The molecular weight excluding hydrogens is 295 g/mol. The number of carbonyl (C=O) groups excluding carboxylic acids is 1. The quantitative estimate of drug-likeness (QED) is 0.906. The minimum atomic E-state index is -0.725. The molecule has 1 saturated carbocycles. The van der Waals surface area contributed by atoms with E-state index in [1.165, 1.54) is 6.07 Å². The second kappa shape index (κ2) is 6.28. The van der Waals surface area contributed by atoms with Gasteiger partial charge < -0.3 is 15.6 Å². The highest BCUT2D eigenvalue weighted by molar-refractivity contribution is 5.86. The van der Waals surface area contributed by atoms with E-state index in [2.05, 4.69) is 10.3 Å². The minimum Gasteiger partial charge on any atom is -0.354 e. The largest absolute Gasteiger partial charge is 0.354 e. The topological polar surface area (TPSA) is 72.9 Å². The molecule has 0 bridgehead atoms. The number of para-hydroxylation sites is 1.